The smallest absolute Gasteiger partial charge is 0.151 e. The lowest BCUT2D eigenvalue weighted by Gasteiger charge is -2.37. The van der Waals surface area contributed by atoms with Crippen LogP contribution in [0.25, 0.3) is 0 Å². The lowest BCUT2D eigenvalue weighted by atomic mass is 10.1. The molecule has 0 bridgehead atoms. The minimum absolute atomic E-state index is 0.0748. The van der Waals surface area contributed by atoms with Gasteiger partial charge in [-0.05, 0) is 43.0 Å². The van der Waals surface area contributed by atoms with Gasteiger partial charge in [0.2, 0.25) is 0 Å². The van der Waals surface area contributed by atoms with Crippen LogP contribution >= 0.6 is 11.8 Å². The molecule has 3 rings (SSSR count). The Bertz CT molecular complexity index is 620. The fourth-order valence-corrected chi connectivity index (χ4v) is 2.92. The predicted octanol–water partition coefficient (Wildman–Crippen LogP) is 3.30. The quantitative estimate of drug-likeness (QED) is 0.812. The van der Waals surface area contributed by atoms with E-state index in [2.05, 4.69) is 15.1 Å². The first kappa shape index (κ1) is 15.2. The van der Waals surface area contributed by atoms with Crippen LogP contribution in [0.5, 0.6) is 0 Å². The Morgan fingerprint density at radius 2 is 1.91 bits per heavy atom. The van der Waals surface area contributed by atoms with E-state index < -0.39 is 0 Å². The molecule has 2 aromatic rings. The Morgan fingerprint density at radius 3 is 2.55 bits per heavy atom. The van der Waals surface area contributed by atoms with Crippen molar-refractivity contribution in [1.29, 1.82) is 0 Å². The Hall–Kier alpha value is -1.66. The monoisotopic (exact) mass is 319 g/mol. The molecule has 1 aromatic carbocycles. The highest BCUT2D eigenvalue weighted by Gasteiger charge is 2.27. The first-order chi connectivity index (χ1) is 10.7. The SMILES string of the molecule is CSc1ccc(N2CC(C)OC(c3ccc(F)cc3)C2)nn1. The number of ether oxygens (including phenoxy) is 1. The molecule has 0 radical (unpaired) electrons. The molecule has 22 heavy (non-hydrogen) atoms. The molecule has 2 unspecified atom stereocenters. The number of anilines is 1. The minimum atomic E-state index is -0.233. The standard InChI is InChI=1S/C16H18FN3OS/c1-11-9-20(15-7-8-16(22-2)19-18-15)10-14(21-11)12-3-5-13(17)6-4-12/h3-8,11,14H,9-10H2,1-2H3. The summed E-state index contributed by atoms with van der Waals surface area (Å²) in [6.45, 7) is 3.49. The number of morpholine rings is 1. The van der Waals surface area contributed by atoms with Gasteiger partial charge in [0.25, 0.3) is 0 Å². The summed E-state index contributed by atoms with van der Waals surface area (Å²) in [5.41, 5.74) is 0.978. The highest BCUT2D eigenvalue weighted by Crippen LogP contribution is 2.28. The number of benzene rings is 1. The molecule has 0 saturated carbocycles. The second-order valence-electron chi connectivity index (χ2n) is 5.33. The molecule has 4 nitrogen and oxygen atoms in total. The molecular weight excluding hydrogens is 301 g/mol. The van der Waals surface area contributed by atoms with Crippen LogP contribution in [-0.2, 0) is 4.74 Å². The molecule has 1 aliphatic heterocycles. The Balaban J connectivity index is 1.79. The summed E-state index contributed by atoms with van der Waals surface area (Å²) in [5.74, 6) is 0.614. The van der Waals surface area contributed by atoms with Gasteiger partial charge in [0.05, 0.1) is 6.10 Å². The van der Waals surface area contributed by atoms with Crippen LogP contribution in [0.1, 0.15) is 18.6 Å². The lowest BCUT2D eigenvalue weighted by Crippen LogP contribution is -2.43. The van der Waals surface area contributed by atoms with Crippen molar-refractivity contribution < 1.29 is 9.13 Å². The number of hydrogen-bond acceptors (Lipinski definition) is 5. The zero-order chi connectivity index (χ0) is 15.5. The molecule has 0 N–H and O–H groups in total. The fraction of sp³-hybridized carbons (Fsp3) is 0.375. The average Bonchev–Trinajstić information content (AvgIpc) is 2.55. The summed E-state index contributed by atoms with van der Waals surface area (Å²) in [6, 6.07) is 10.4. The summed E-state index contributed by atoms with van der Waals surface area (Å²) in [4.78, 5) is 2.17. The number of thioether (sulfide) groups is 1. The molecule has 2 heterocycles. The van der Waals surface area contributed by atoms with Gasteiger partial charge in [0, 0.05) is 13.1 Å². The Morgan fingerprint density at radius 1 is 1.14 bits per heavy atom. The van der Waals surface area contributed by atoms with Crippen molar-refractivity contribution in [3.63, 3.8) is 0 Å². The average molecular weight is 319 g/mol. The van der Waals surface area contributed by atoms with Gasteiger partial charge in [-0.2, -0.15) is 0 Å². The second kappa shape index (κ2) is 6.62. The van der Waals surface area contributed by atoms with Crippen LogP contribution in [0.15, 0.2) is 41.4 Å². The van der Waals surface area contributed by atoms with Crippen molar-refractivity contribution in [3.8, 4) is 0 Å². The predicted molar refractivity (Wildman–Crippen MR) is 85.7 cm³/mol. The lowest BCUT2D eigenvalue weighted by molar-refractivity contribution is -0.0176. The number of aromatic nitrogens is 2. The van der Waals surface area contributed by atoms with E-state index in [-0.39, 0.29) is 18.0 Å². The van der Waals surface area contributed by atoms with E-state index in [0.29, 0.717) is 6.54 Å². The number of nitrogens with zero attached hydrogens (tertiary/aromatic N) is 3. The van der Waals surface area contributed by atoms with Gasteiger partial charge in [-0.3, -0.25) is 0 Å². The van der Waals surface area contributed by atoms with Gasteiger partial charge in [0.15, 0.2) is 5.82 Å². The van der Waals surface area contributed by atoms with Gasteiger partial charge < -0.3 is 9.64 Å². The summed E-state index contributed by atoms with van der Waals surface area (Å²) in [5, 5.41) is 9.38. The van der Waals surface area contributed by atoms with Crippen LogP contribution in [0.2, 0.25) is 0 Å². The fourth-order valence-electron chi connectivity index (χ4n) is 2.59. The first-order valence-corrected chi connectivity index (χ1v) is 8.42. The molecule has 2 atom stereocenters. The van der Waals surface area contributed by atoms with Gasteiger partial charge >= 0.3 is 0 Å². The molecule has 6 heteroatoms. The molecule has 1 aromatic heterocycles. The number of rotatable bonds is 3. The second-order valence-corrected chi connectivity index (χ2v) is 6.15. The van der Waals surface area contributed by atoms with Crippen molar-refractivity contribution >= 4 is 17.6 Å². The Labute approximate surface area is 133 Å². The van der Waals surface area contributed by atoms with Crippen molar-refractivity contribution in [3.05, 3.63) is 47.8 Å². The molecule has 1 saturated heterocycles. The third-order valence-electron chi connectivity index (χ3n) is 3.66. The van der Waals surface area contributed by atoms with Crippen LogP contribution in [-0.4, -0.2) is 35.6 Å². The van der Waals surface area contributed by atoms with Crippen molar-refractivity contribution in [2.75, 3.05) is 24.2 Å². The number of hydrogen-bond donors (Lipinski definition) is 0. The van der Waals surface area contributed by atoms with E-state index in [0.717, 1.165) is 23.0 Å². The summed E-state index contributed by atoms with van der Waals surface area (Å²) < 4.78 is 19.1. The van der Waals surface area contributed by atoms with E-state index in [1.807, 2.05) is 25.3 Å². The van der Waals surface area contributed by atoms with Crippen LogP contribution in [0.4, 0.5) is 10.2 Å². The van der Waals surface area contributed by atoms with Gasteiger partial charge in [0.1, 0.15) is 16.9 Å². The van der Waals surface area contributed by atoms with E-state index in [9.17, 15) is 4.39 Å². The highest BCUT2D eigenvalue weighted by atomic mass is 32.2. The van der Waals surface area contributed by atoms with E-state index >= 15 is 0 Å². The summed E-state index contributed by atoms with van der Waals surface area (Å²) in [6.07, 6.45) is 1.96. The molecular formula is C16H18FN3OS. The summed E-state index contributed by atoms with van der Waals surface area (Å²) >= 11 is 1.57. The maximum atomic E-state index is 13.1. The van der Waals surface area contributed by atoms with Crippen molar-refractivity contribution in [2.45, 2.75) is 24.2 Å². The zero-order valence-corrected chi connectivity index (χ0v) is 13.4. The van der Waals surface area contributed by atoms with Crippen molar-refractivity contribution in [1.82, 2.24) is 10.2 Å². The van der Waals surface area contributed by atoms with E-state index in [1.54, 1.807) is 23.9 Å². The van der Waals surface area contributed by atoms with Crippen LogP contribution in [0, 0.1) is 5.82 Å². The highest BCUT2D eigenvalue weighted by molar-refractivity contribution is 7.98. The normalized spacial score (nSPS) is 21.9. The summed E-state index contributed by atoms with van der Waals surface area (Å²) in [7, 11) is 0. The third-order valence-corrected chi connectivity index (χ3v) is 4.30. The van der Waals surface area contributed by atoms with Crippen LogP contribution < -0.4 is 4.90 Å². The largest absolute Gasteiger partial charge is 0.367 e. The van der Waals surface area contributed by atoms with Gasteiger partial charge in [-0.15, -0.1) is 22.0 Å². The maximum Gasteiger partial charge on any atom is 0.151 e. The third kappa shape index (κ3) is 3.39. The van der Waals surface area contributed by atoms with Crippen LogP contribution in [0.3, 0.4) is 0 Å². The Kier molecular flexibility index (Phi) is 4.59. The van der Waals surface area contributed by atoms with Crippen molar-refractivity contribution in [2.24, 2.45) is 0 Å². The molecule has 116 valence electrons. The number of halogens is 1. The molecule has 0 amide bonds. The molecule has 1 fully saturated rings. The minimum Gasteiger partial charge on any atom is -0.367 e. The van der Waals surface area contributed by atoms with E-state index in [4.69, 9.17) is 4.74 Å². The zero-order valence-electron chi connectivity index (χ0n) is 12.6. The molecule has 1 aliphatic rings. The van der Waals surface area contributed by atoms with Gasteiger partial charge in [-0.25, -0.2) is 4.39 Å². The molecule has 0 spiro atoms. The first-order valence-electron chi connectivity index (χ1n) is 7.19. The van der Waals surface area contributed by atoms with Gasteiger partial charge in [-0.1, -0.05) is 12.1 Å². The maximum absolute atomic E-state index is 13.1. The topological polar surface area (TPSA) is 38.2 Å². The molecule has 0 aliphatic carbocycles. The van der Waals surface area contributed by atoms with E-state index in [1.165, 1.54) is 12.1 Å².